The van der Waals surface area contributed by atoms with Crippen LogP contribution in [0.25, 0.3) is 0 Å². The van der Waals surface area contributed by atoms with Gasteiger partial charge in [-0.05, 0) is 31.9 Å². The second-order valence-corrected chi connectivity index (χ2v) is 5.26. The fourth-order valence-electron chi connectivity index (χ4n) is 2.58. The summed E-state index contributed by atoms with van der Waals surface area (Å²) in [7, 11) is 0. The molecule has 0 aliphatic carbocycles. The number of carboxylic acid groups (broad SMARTS) is 1. The van der Waals surface area contributed by atoms with Crippen molar-refractivity contribution in [3.63, 3.8) is 0 Å². The molecular weight excluding hydrogens is 285 g/mol. The molecule has 21 heavy (non-hydrogen) atoms. The first-order valence-corrected chi connectivity index (χ1v) is 6.89. The number of pyridine rings is 1. The van der Waals surface area contributed by atoms with Gasteiger partial charge in [-0.1, -0.05) is 12.8 Å². The zero-order chi connectivity index (χ0) is 15.6. The van der Waals surface area contributed by atoms with Gasteiger partial charge in [-0.15, -0.1) is 0 Å². The Balaban J connectivity index is 2.49. The molecule has 0 spiro atoms. The number of aromatic carboxylic acids is 1. The number of halogens is 3. The lowest BCUT2D eigenvalue weighted by atomic mass is 10.1. The number of aromatic nitrogens is 1. The molecule has 4 nitrogen and oxygen atoms in total. The van der Waals surface area contributed by atoms with Gasteiger partial charge in [0.05, 0.1) is 0 Å². The smallest absolute Gasteiger partial charge is 0.433 e. The summed E-state index contributed by atoms with van der Waals surface area (Å²) < 4.78 is 38.5. The molecular formula is C14H17F3N2O2. The summed E-state index contributed by atoms with van der Waals surface area (Å²) in [6.07, 6.45) is -0.972. The molecule has 0 radical (unpaired) electrons. The Morgan fingerprint density at radius 3 is 2.67 bits per heavy atom. The van der Waals surface area contributed by atoms with Gasteiger partial charge in [0.2, 0.25) is 0 Å². The van der Waals surface area contributed by atoms with Crippen molar-refractivity contribution in [1.82, 2.24) is 4.98 Å². The topological polar surface area (TPSA) is 53.4 Å². The van der Waals surface area contributed by atoms with Crippen molar-refractivity contribution in [3.05, 3.63) is 23.4 Å². The molecule has 1 unspecified atom stereocenters. The summed E-state index contributed by atoms with van der Waals surface area (Å²) in [4.78, 5) is 16.6. The van der Waals surface area contributed by atoms with Gasteiger partial charge < -0.3 is 10.0 Å². The molecule has 1 saturated heterocycles. The fraction of sp³-hybridized carbons (Fsp3) is 0.571. The lowest BCUT2D eigenvalue weighted by Crippen LogP contribution is -2.35. The Hall–Kier alpha value is -1.79. The van der Waals surface area contributed by atoms with Gasteiger partial charge in [0.1, 0.15) is 17.1 Å². The second kappa shape index (κ2) is 5.91. The number of carbonyl (C=O) groups is 1. The number of nitrogens with zero attached hydrogens (tertiary/aromatic N) is 2. The first-order chi connectivity index (χ1) is 9.80. The van der Waals surface area contributed by atoms with Gasteiger partial charge in [0, 0.05) is 12.6 Å². The minimum atomic E-state index is -4.58. The van der Waals surface area contributed by atoms with E-state index in [0.29, 0.717) is 6.54 Å². The van der Waals surface area contributed by atoms with Crippen LogP contribution < -0.4 is 4.90 Å². The minimum Gasteiger partial charge on any atom is -0.478 e. The summed E-state index contributed by atoms with van der Waals surface area (Å²) in [5.74, 6) is -1.34. The van der Waals surface area contributed by atoms with E-state index >= 15 is 0 Å². The Morgan fingerprint density at radius 2 is 2.05 bits per heavy atom. The second-order valence-electron chi connectivity index (χ2n) is 5.26. The highest BCUT2D eigenvalue weighted by Gasteiger charge is 2.35. The molecule has 0 saturated carbocycles. The largest absolute Gasteiger partial charge is 0.478 e. The van der Waals surface area contributed by atoms with Crippen LogP contribution in [0.3, 0.4) is 0 Å². The van der Waals surface area contributed by atoms with E-state index < -0.39 is 17.8 Å². The molecule has 1 aliphatic rings. The number of rotatable bonds is 2. The van der Waals surface area contributed by atoms with Crippen LogP contribution in [0.4, 0.5) is 19.0 Å². The van der Waals surface area contributed by atoms with Crippen molar-refractivity contribution in [1.29, 1.82) is 0 Å². The van der Waals surface area contributed by atoms with E-state index in [1.165, 1.54) is 0 Å². The van der Waals surface area contributed by atoms with Crippen LogP contribution in [0.5, 0.6) is 0 Å². The van der Waals surface area contributed by atoms with Crippen molar-refractivity contribution in [3.8, 4) is 0 Å². The van der Waals surface area contributed by atoms with Crippen LogP contribution in [0.1, 0.15) is 48.7 Å². The summed E-state index contributed by atoms with van der Waals surface area (Å²) in [6, 6.07) is 1.68. The Bertz CT molecular complexity index is 531. The lowest BCUT2D eigenvalue weighted by Gasteiger charge is -2.29. The van der Waals surface area contributed by atoms with Gasteiger partial charge in [-0.2, -0.15) is 13.2 Å². The van der Waals surface area contributed by atoms with Gasteiger partial charge in [0.25, 0.3) is 0 Å². The maximum Gasteiger partial charge on any atom is 0.433 e. The summed E-state index contributed by atoms with van der Waals surface area (Å²) in [5, 5.41) is 9.20. The maximum absolute atomic E-state index is 12.8. The number of hydrogen-bond donors (Lipinski definition) is 1. The molecule has 1 fully saturated rings. The van der Waals surface area contributed by atoms with Crippen LogP contribution in [0.15, 0.2) is 12.1 Å². The van der Waals surface area contributed by atoms with Gasteiger partial charge in [-0.25, -0.2) is 9.78 Å². The van der Waals surface area contributed by atoms with Crippen molar-refractivity contribution in [2.24, 2.45) is 0 Å². The van der Waals surface area contributed by atoms with E-state index in [1.807, 2.05) is 6.92 Å². The van der Waals surface area contributed by atoms with Crippen LogP contribution in [0, 0.1) is 0 Å². The Kier molecular flexibility index (Phi) is 4.39. The number of hydrogen-bond acceptors (Lipinski definition) is 3. The third kappa shape index (κ3) is 3.46. The molecule has 0 bridgehead atoms. The van der Waals surface area contributed by atoms with E-state index in [2.05, 4.69) is 4.98 Å². The fourth-order valence-corrected chi connectivity index (χ4v) is 2.58. The average Bonchev–Trinajstić information content (AvgIpc) is 2.61. The molecule has 2 heterocycles. The monoisotopic (exact) mass is 302 g/mol. The van der Waals surface area contributed by atoms with Crippen LogP contribution in [-0.2, 0) is 6.18 Å². The highest BCUT2D eigenvalue weighted by atomic mass is 19.4. The summed E-state index contributed by atoms with van der Waals surface area (Å²) >= 11 is 0. The van der Waals surface area contributed by atoms with E-state index in [-0.39, 0.29) is 17.4 Å². The molecule has 0 aromatic carbocycles. The number of carboxylic acids is 1. The van der Waals surface area contributed by atoms with Crippen molar-refractivity contribution in [2.75, 3.05) is 11.4 Å². The molecule has 1 aromatic rings. The third-order valence-corrected chi connectivity index (χ3v) is 3.72. The molecule has 1 N–H and O–H groups in total. The van der Waals surface area contributed by atoms with Gasteiger partial charge in [-0.3, -0.25) is 0 Å². The molecule has 7 heteroatoms. The van der Waals surface area contributed by atoms with Crippen LogP contribution >= 0.6 is 0 Å². The predicted molar refractivity (Wildman–Crippen MR) is 71.5 cm³/mol. The van der Waals surface area contributed by atoms with Crippen molar-refractivity contribution >= 4 is 11.8 Å². The summed E-state index contributed by atoms with van der Waals surface area (Å²) in [6.45, 7) is 2.41. The van der Waals surface area contributed by atoms with Crippen LogP contribution in [-0.4, -0.2) is 28.6 Å². The zero-order valence-electron chi connectivity index (χ0n) is 11.7. The maximum atomic E-state index is 12.8. The normalized spacial score (nSPS) is 20.2. The average molecular weight is 302 g/mol. The third-order valence-electron chi connectivity index (χ3n) is 3.72. The van der Waals surface area contributed by atoms with Crippen molar-refractivity contribution < 1.29 is 23.1 Å². The van der Waals surface area contributed by atoms with Gasteiger partial charge in [0.15, 0.2) is 0 Å². The predicted octanol–water partition coefficient (Wildman–Crippen LogP) is 3.57. The first-order valence-electron chi connectivity index (χ1n) is 6.89. The summed E-state index contributed by atoms with van der Waals surface area (Å²) in [5.41, 5.74) is -1.24. The quantitative estimate of drug-likeness (QED) is 0.907. The molecule has 1 aromatic heterocycles. The highest BCUT2D eigenvalue weighted by Crippen LogP contribution is 2.32. The van der Waals surface area contributed by atoms with E-state index in [9.17, 15) is 23.1 Å². The van der Waals surface area contributed by atoms with Gasteiger partial charge >= 0.3 is 12.1 Å². The number of anilines is 1. The first kappa shape index (κ1) is 15.6. The SMILES string of the molecule is CC1CCCCCN1c1nc(C(F)(F)F)ccc1C(=O)O. The lowest BCUT2D eigenvalue weighted by molar-refractivity contribution is -0.141. The van der Waals surface area contributed by atoms with E-state index in [0.717, 1.165) is 37.8 Å². The highest BCUT2D eigenvalue weighted by molar-refractivity contribution is 5.93. The molecule has 1 atom stereocenters. The number of alkyl halides is 3. The Labute approximate surface area is 120 Å². The Morgan fingerprint density at radius 1 is 1.33 bits per heavy atom. The molecule has 116 valence electrons. The van der Waals surface area contributed by atoms with E-state index in [1.54, 1.807) is 4.90 Å². The van der Waals surface area contributed by atoms with Crippen molar-refractivity contribution in [2.45, 2.75) is 44.8 Å². The standard InChI is InChI=1S/C14H17F3N2O2/c1-9-5-3-2-4-8-19(9)12-10(13(20)21)6-7-11(18-12)14(15,16)17/h6-7,9H,2-5,8H2,1H3,(H,20,21). The molecule has 1 aliphatic heterocycles. The van der Waals surface area contributed by atoms with E-state index in [4.69, 9.17) is 0 Å². The molecule has 0 amide bonds. The molecule has 2 rings (SSSR count). The zero-order valence-corrected chi connectivity index (χ0v) is 11.7. The van der Waals surface area contributed by atoms with Crippen LogP contribution in [0.2, 0.25) is 0 Å². The minimum absolute atomic E-state index is 0.0263.